The van der Waals surface area contributed by atoms with Crippen LogP contribution in [0.4, 0.5) is 4.79 Å². The van der Waals surface area contributed by atoms with Gasteiger partial charge >= 0.3 is 6.09 Å². The molecular formula is C26H35NO2Si. The van der Waals surface area contributed by atoms with Crippen molar-refractivity contribution >= 4 is 19.4 Å². The molecule has 1 heterocycles. The molecule has 3 atom stereocenters. The first-order valence-electron chi connectivity index (χ1n) is 11.6. The summed E-state index contributed by atoms with van der Waals surface area (Å²) in [6.07, 6.45) is 5.93. The fraction of sp³-hybridized carbons (Fsp3) is 0.500. The fourth-order valence-corrected chi connectivity index (χ4v) is 8.90. The first-order valence-corrected chi connectivity index (χ1v) is 14.8. The van der Waals surface area contributed by atoms with Gasteiger partial charge in [-0.1, -0.05) is 97.8 Å². The quantitative estimate of drug-likeness (QED) is 0.569. The number of hydrogen-bond donors (Lipinski definition) is 0. The molecule has 2 aliphatic rings. The van der Waals surface area contributed by atoms with Crippen LogP contribution in [0.2, 0.25) is 19.1 Å². The van der Waals surface area contributed by atoms with E-state index in [2.05, 4.69) is 48.3 Å². The van der Waals surface area contributed by atoms with E-state index in [-0.39, 0.29) is 6.09 Å². The lowest BCUT2D eigenvalue weighted by molar-refractivity contribution is 0.0169. The van der Waals surface area contributed by atoms with Crippen molar-refractivity contribution in [2.24, 2.45) is 11.8 Å². The Morgan fingerprint density at radius 2 is 1.67 bits per heavy atom. The zero-order chi connectivity index (χ0) is 21.0. The molecule has 2 fully saturated rings. The van der Waals surface area contributed by atoms with E-state index < -0.39 is 8.07 Å². The van der Waals surface area contributed by atoms with Gasteiger partial charge in [-0.3, -0.25) is 0 Å². The van der Waals surface area contributed by atoms with Crippen molar-refractivity contribution in [1.82, 2.24) is 4.90 Å². The van der Waals surface area contributed by atoms with Gasteiger partial charge < -0.3 is 9.64 Å². The molecule has 3 nitrogen and oxygen atoms in total. The molecule has 30 heavy (non-hydrogen) atoms. The average Bonchev–Trinajstić information content (AvgIpc) is 2.78. The van der Waals surface area contributed by atoms with Crippen molar-refractivity contribution in [3.8, 4) is 0 Å². The second kappa shape index (κ2) is 9.38. The third kappa shape index (κ3) is 4.80. The number of fused-ring (bicyclic) bond motifs is 1. The van der Waals surface area contributed by atoms with Gasteiger partial charge in [0.2, 0.25) is 0 Å². The molecule has 0 radical (unpaired) electrons. The number of amides is 1. The molecule has 1 amide bonds. The summed E-state index contributed by atoms with van der Waals surface area (Å²) in [5.74, 6) is 1.36. The zero-order valence-corrected chi connectivity index (χ0v) is 19.4. The topological polar surface area (TPSA) is 29.5 Å². The number of nitrogens with zero attached hydrogens (tertiary/aromatic N) is 1. The first-order chi connectivity index (χ1) is 14.5. The van der Waals surface area contributed by atoms with Crippen LogP contribution in [-0.4, -0.2) is 31.7 Å². The van der Waals surface area contributed by atoms with Gasteiger partial charge in [0, 0.05) is 12.6 Å². The number of carbonyl (C=O) groups is 1. The third-order valence-corrected chi connectivity index (χ3v) is 10.7. The summed E-state index contributed by atoms with van der Waals surface area (Å²) in [6, 6.07) is 22.8. The highest BCUT2D eigenvalue weighted by molar-refractivity contribution is 6.89. The molecule has 1 saturated carbocycles. The van der Waals surface area contributed by atoms with Gasteiger partial charge in [0.25, 0.3) is 0 Å². The summed E-state index contributed by atoms with van der Waals surface area (Å²) >= 11 is 0. The highest BCUT2D eigenvalue weighted by atomic mass is 28.3. The van der Waals surface area contributed by atoms with Crippen molar-refractivity contribution in [2.45, 2.75) is 63.9 Å². The normalized spacial score (nSPS) is 24.2. The summed E-state index contributed by atoms with van der Waals surface area (Å²) in [7, 11) is -1.49. The second-order valence-electron chi connectivity index (χ2n) is 9.75. The fourth-order valence-electron chi connectivity index (χ4n) is 5.75. The molecule has 0 aromatic heterocycles. The molecular weight excluding hydrogens is 386 g/mol. The van der Waals surface area contributed by atoms with Gasteiger partial charge in [-0.25, -0.2) is 4.79 Å². The standard InChI is InChI=1S/C26H35NO2Si/c1-30(2,23-14-7-4-8-15-23)20-22-13-9-17-25-24(22)16-10-18-27(25)26(28)29-19-21-11-5-3-6-12-21/h3-8,11-12,14-15,22,24-25H,9-10,13,16-20H2,1-2H3/t22-,24+,25+/m0/s1. The Balaban J connectivity index is 1.42. The first kappa shape index (κ1) is 21.2. The van der Waals surface area contributed by atoms with Gasteiger partial charge in [-0.2, -0.15) is 0 Å². The van der Waals surface area contributed by atoms with E-state index in [9.17, 15) is 4.79 Å². The zero-order valence-electron chi connectivity index (χ0n) is 18.4. The minimum absolute atomic E-state index is 0.117. The molecule has 1 aliphatic carbocycles. The van der Waals surface area contributed by atoms with E-state index >= 15 is 0 Å². The number of likely N-dealkylation sites (tertiary alicyclic amines) is 1. The molecule has 0 N–H and O–H groups in total. The Kier molecular flexibility index (Phi) is 6.62. The van der Waals surface area contributed by atoms with E-state index in [0.29, 0.717) is 18.6 Å². The molecule has 1 aliphatic heterocycles. The summed E-state index contributed by atoms with van der Waals surface area (Å²) in [5, 5.41) is 1.56. The minimum atomic E-state index is -1.49. The van der Waals surface area contributed by atoms with Crippen molar-refractivity contribution in [1.29, 1.82) is 0 Å². The van der Waals surface area contributed by atoms with E-state index in [1.165, 1.54) is 25.3 Å². The maximum absolute atomic E-state index is 13.0. The van der Waals surface area contributed by atoms with E-state index in [1.54, 1.807) is 5.19 Å². The Hall–Kier alpha value is -2.07. The Labute approximate surface area is 182 Å². The van der Waals surface area contributed by atoms with Crippen LogP contribution in [-0.2, 0) is 11.3 Å². The predicted molar refractivity (Wildman–Crippen MR) is 126 cm³/mol. The minimum Gasteiger partial charge on any atom is -0.445 e. The van der Waals surface area contributed by atoms with Crippen LogP contribution in [0.3, 0.4) is 0 Å². The lowest BCUT2D eigenvalue weighted by atomic mass is 9.72. The number of carbonyl (C=O) groups excluding carboxylic acids is 1. The maximum Gasteiger partial charge on any atom is 0.410 e. The summed E-state index contributed by atoms with van der Waals surface area (Å²) in [5.41, 5.74) is 1.05. The SMILES string of the molecule is C[Si](C)(C[C@@H]1CCC[C@@H]2[C@@H]1CCCN2C(=O)OCc1ccccc1)c1ccccc1. The monoisotopic (exact) mass is 421 g/mol. The molecule has 2 aromatic rings. The highest BCUT2D eigenvalue weighted by Gasteiger charge is 2.43. The molecule has 0 unspecified atom stereocenters. The largest absolute Gasteiger partial charge is 0.445 e. The maximum atomic E-state index is 13.0. The van der Waals surface area contributed by atoms with Crippen LogP contribution in [0.1, 0.15) is 37.7 Å². The van der Waals surface area contributed by atoms with Crippen LogP contribution in [0.5, 0.6) is 0 Å². The van der Waals surface area contributed by atoms with Crippen LogP contribution in [0, 0.1) is 11.8 Å². The van der Waals surface area contributed by atoms with Gasteiger partial charge in [0.05, 0.1) is 8.07 Å². The van der Waals surface area contributed by atoms with Crippen LogP contribution >= 0.6 is 0 Å². The summed E-state index contributed by atoms with van der Waals surface area (Å²) < 4.78 is 5.72. The lowest BCUT2D eigenvalue weighted by Crippen LogP contribution is -2.54. The van der Waals surface area contributed by atoms with Crippen LogP contribution in [0.15, 0.2) is 60.7 Å². The number of hydrogen-bond acceptors (Lipinski definition) is 2. The summed E-state index contributed by atoms with van der Waals surface area (Å²) in [6.45, 7) is 6.24. The van der Waals surface area contributed by atoms with Crippen molar-refractivity contribution in [2.75, 3.05) is 6.54 Å². The number of benzene rings is 2. The Morgan fingerprint density at radius 1 is 0.967 bits per heavy atom. The molecule has 0 spiro atoms. The number of ether oxygens (including phenoxy) is 1. The highest BCUT2D eigenvalue weighted by Crippen LogP contribution is 2.43. The van der Waals surface area contributed by atoms with Crippen LogP contribution in [0.25, 0.3) is 0 Å². The van der Waals surface area contributed by atoms with E-state index in [4.69, 9.17) is 4.74 Å². The smallest absolute Gasteiger partial charge is 0.410 e. The van der Waals surface area contributed by atoms with E-state index in [1.807, 2.05) is 30.3 Å². The van der Waals surface area contributed by atoms with Crippen molar-refractivity contribution in [3.05, 3.63) is 66.2 Å². The third-order valence-electron chi connectivity index (χ3n) is 7.28. The van der Waals surface area contributed by atoms with Gasteiger partial charge in [-0.15, -0.1) is 0 Å². The second-order valence-corrected chi connectivity index (χ2v) is 14.5. The molecule has 1 saturated heterocycles. The van der Waals surface area contributed by atoms with Gasteiger partial charge in [0.1, 0.15) is 6.61 Å². The average molecular weight is 422 g/mol. The Morgan fingerprint density at radius 3 is 2.40 bits per heavy atom. The molecule has 4 heteroatoms. The predicted octanol–water partition coefficient (Wildman–Crippen LogP) is 5.82. The number of rotatable bonds is 5. The van der Waals surface area contributed by atoms with Crippen molar-refractivity contribution in [3.63, 3.8) is 0 Å². The van der Waals surface area contributed by atoms with E-state index in [0.717, 1.165) is 30.9 Å². The van der Waals surface area contributed by atoms with Crippen LogP contribution < -0.4 is 5.19 Å². The van der Waals surface area contributed by atoms with Gasteiger partial charge in [0.15, 0.2) is 0 Å². The molecule has 160 valence electrons. The van der Waals surface area contributed by atoms with Crippen molar-refractivity contribution < 1.29 is 9.53 Å². The molecule has 0 bridgehead atoms. The lowest BCUT2D eigenvalue weighted by Gasteiger charge is -2.48. The summed E-state index contributed by atoms with van der Waals surface area (Å²) in [4.78, 5) is 15.0. The molecule has 4 rings (SSSR count). The number of piperidine rings is 1. The van der Waals surface area contributed by atoms with Gasteiger partial charge in [-0.05, 0) is 36.7 Å². The molecule has 2 aromatic carbocycles. The Bertz CT molecular complexity index is 823.